The van der Waals surface area contributed by atoms with Gasteiger partial charge in [0, 0.05) is 23.1 Å². The van der Waals surface area contributed by atoms with Crippen LogP contribution in [0.1, 0.15) is 36.1 Å². The number of piperidine rings is 1. The second kappa shape index (κ2) is 8.43. The molecule has 1 atom stereocenters. The minimum Gasteiger partial charge on any atom is -0.358 e. The van der Waals surface area contributed by atoms with E-state index in [9.17, 15) is 9.59 Å². The molecule has 166 valence electrons. The molecule has 6 nitrogen and oxygen atoms in total. The van der Waals surface area contributed by atoms with Crippen molar-refractivity contribution in [2.75, 3.05) is 13.1 Å². The first-order valence-corrected chi connectivity index (χ1v) is 11.5. The van der Waals surface area contributed by atoms with Crippen molar-refractivity contribution in [1.29, 1.82) is 0 Å². The molecule has 2 aliphatic rings. The average Bonchev–Trinajstić information content (AvgIpc) is 3.29. The average molecular weight is 431 g/mol. The van der Waals surface area contributed by atoms with Crippen LogP contribution < -0.4 is 10.6 Å². The first kappa shape index (κ1) is 20.8. The lowest BCUT2D eigenvalue weighted by Gasteiger charge is -2.40. The monoisotopic (exact) mass is 430 g/mol. The maximum Gasteiger partial charge on any atom is 0.322 e. The van der Waals surface area contributed by atoms with Gasteiger partial charge in [0.2, 0.25) is 0 Å². The topological polar surface area (TPSA) is 77.2 Å². The standard InChI is InChI=1S/C26H30N4O2/c1-18-22(21-9-5-6-10-23(21)27-18)17-30-15-12-20(13-16-30)26(24(31)28-25(32)29-26)14-11-19-7-3-2-4-8-19/h2-10,20,27H,11-17H2,1H3,(H2,28,29,31,32). The molecule has 3 N–H and O–H groups in total. The highest BCUT2D eigenvalue weighted by Crippen LogP contribution is 2.35. The summed E-state index contributed by atoms with van der Waals surface area (Å²) in [6.07, 6.45) is 3.18. The zero-order valence-electron chi connectivity index (χ0n) is 18.5. The molecule has 0 saturated carbocycles. The summed E-state index contributed by atoms with van der Waals surface area (Å²) in [6, 6.07) is 18.3. The van der Waals surface area contributed by atoms with Gasteiger partial charge in [-0.1, -0.05) is 48.5 Å². The largest absolute Gasteiger partial charge is 0.358 e. The summed E-state index contributed by atoms with van der Waals surface area (Å²) in [4.78, 5) is 31.0. The molecule has 0 spiro atoms. The number of imide groups is 1. The van der Waals surface area contributed by atoms with Crippen molar-refractivity contribution in [2.45, 2.75) is 44.7 Å². The Bertz CT molecular complexity index is 1130. The molecule has 5 rings (SSSR count). The highest BCUT2D eigenvalue weighted by molar-refractivity contribution is 6.07. The normalized spacial score (nSPS) is 22.3. The van der Waals surface area contributed by atoms with Crippen LogP contribution in [0.25, 0.3) is 10.9 Å². The van der Waals surface area contributed by atoms with E-state index >= 15 is 0 Å². The number of aromatic nitrogens is 1. The van der Waals surface area contributed by atoms with Crippen LogP contribution in [-0.4, -0.2) is 40.5 Å². The van der Waals surface area contributed by atoms with Gasteiger partial charge in [0.15, 0.2) is 0 Å². The Morgan fingerprint density at radius 2 is 1.72 bits per heavy atom. The SMILES string of the molecule is Cc1[nH]c2ccccc2c1CN1CCC(C2(CCc3ccccc3)NC(=O)NC2=O)CC1. The molecule has 2 aromatic carbocycles. The third kappa shape index (κ3) is 3.79. The molecule has 2 aliphatic heterocycles. The number of para-hydroxylation sites is 1. The number of likely N-dealkylation sites (tertiary alicyclic amines) is 1. The van der Waals surface area contributed by atoms with Crippen LogP contribution >= 0.6 is 0 Å². The van der Waals surface area contributed by atoms with E-state index in [1.807, 2.05) is 18.2 Å². The quantitative estimate of drug-likeness (QED) is 0.519. The van der Waals surface area contributed by atoms with Crippen LogP contribution in [0.3, 0.4) is 0 Å². The maximum absolute atomic E-state index is 12.9. The number of carbonyl (C=O) groups is 2. The highest BCUT2D eigenvalue weighted by atomic mass is 16.2. The second-order valence-corrected chi connectivity index (χ2v) is 9.19. The van der Waals surface area contributed by atoms with Gasteiger partial charge in [0.25, 0.3) is 5.91 Å². The second-order valence-electron chi connectivity index (χ2n) is 9.19. The molecule has 0 bridgehead atoms. The van der Waals surface area contributed by atoms with Crippen LogP contribution in [0.5, 0.6) is 0 Å². The molecule has 0 radical (unpaired) electrons. The summed E-state index contributed by atoms with van der Waals surface area (Å²) < 4.78 is 0. The van der Waals surface area contributed by atoms with Crippen molar-refractivity contribution >= 4 is 22.8 Å². The van der Waals surface area contributed by atoms with Crippen LogP contribution in [0.4, 0.5) is 4.79 Å². The van der Waals surface area contributed by atoms with Gasteiger partial charge >= 0.3 is 6.03 Å². The van der Waals surface area contributed by atoms with Crippen molar-refractivity contribution < 1.29 is 9.59 Å². The van der Waals surface area contributed by atoms with Gasteiger partial charge in [-0.05, 0) is 68.8 Å². The van der Waals surface area contributed by atoms with Crippen LogP contribution in [0.15, 0.2) is 54.6 Å². The Balaban J connectivity index is 1.29. The predicted octanol–water partition coefficient (Wildman–Crippen LogP) is 3.90. The lowest BCUT2D eigenvalue weighted by atomic mass is 9.74. The van der Waals surface area contributed by atoms with E-state index in [-0.39, 0.29) is 17.9 Å². The number of hydrogen-bond acceptors (Lipinski definition) is 3. The molecular weight excluding hydrogens is 400 g/mol. The molecule has 2 saturated heterocycles. The summed E-state index contributed by atoms with van der Waals surface area (Å²) in [6.45, 7) is 4.87. The lowest BCUT2D eigenvalue weighted by molar-refractivity contribution is -0.127. The van der Waals surface area contributed by atoms with Crippen molar-refractivity contribution in [3.8, 4) is 0 Å². The van der Waals surface area contributed by atoms with E-state index in [1.54, 1.807) is 0 Å². The van der Waals surface area contributed by atoms with Crippen molar-refractivity contribution in [3.63, 3.8) is 0 Å². The Morgan fingerprint density at radius 1 is 1.00 bits per heavy atom. The Labute approximate surface area is 188 Å². The summed E-state index contributed by atoms with van der Waals surface area (Å²) in [7, 11) is 0. The zero-order valence-corrected chi connectivity index (χ0v) is 18.5. The van der Waals surface area contributed by atoms with Crippen molar-refractivity contribution in [1.82, 2.24) is 20.5 Å². The molecule has 3 heterocycles. The predicted molar refractivity (Wildman–Crippen MR) is 125 cm³/mol. The fourth-order valence-electron chi connectivity index (χ4n) is 5.51. The molecule has 3 amide bonds. The number of H-pyrrole nitrogens is 1. The minimum absolute atomic E-state index is 0.137. The molecule has 6 heteroatoms. The minimum atomic E-state index is -0.810. The molecule has 1 unspecified atom stereocenters. The first-order chi connectivity index (χ1) is 15.5. The molecule has 1 aromatic heterocycles. The number of carbonyl (C=O) groups excluding carboxylic acids is 2. The third-order valence-corrected chi connectivity index (χ3v) is 7.31. The molecule has 3 aromatic rings. The number of aromatic amines is 1. The number of rotatable bonds is 6. The molecule has 32 heavy (non-hydrogen) atoms. The van der Waals surface area contributed by atoms with Crippen LogP contribution in [-0.2, 0) is 17.8 Å². The van der Waals surface area contributed by atoms with E-state index in [1.165, 1.54) is 27.7 Å². The number of amides is 3. The third-order valence-electron chi connectivity index (χ3n) is 7.31. The summed E-state index contributed by atoms with van der Waals surface area (Å²) in [5, 5.41) is 6.82. The number of nitrogens with zero attached hydrogens (tertiary/aromatic N) is 1. The van der Waals surface area contributed by atoms with Crippen molar-refractivity contribution in [2.24, 2.45) is 5.92 Å². The Kier molecular flexibility index (Phi) is 5.47. The number of benzene rings is 2. The number of nitrogens with one attached hydrogen (secondary N) is 3. The number of hydrogen-bond donors (Lipinski definition) is 3. The first-order valence-electron chi connectivity index (χ1n) is 11.5. The van der Waals surface area contributed by atoms with Gasteiger partial charge in [-0.3, -0.25) is 15.0 Å². The van der Waals surface area contributed by atoms with E-state index in [0.717, 1.165) is 38.9 Å². The summed E-state index contributed by atoms with van der Waals surface area (Å²) in [5.41, 5.74) is 4.13. The Hall–Kier alpha value is -3.12. The van der Waals surface area contributed by atoms with Gasteiger partial charge in [0.05, 0.1) is 0 Å². The van der Waals surface area contributed by atoms with Gasteiger partial charge in [-0.15, -0.1) is 0 Å². The fraction of sp³-hybridized carbons (Fsp3) is 0.385. The number of fused-ring (bicyclic) bond motifs is 1. The zero-order chi connectivity index (χ0) is 22.1. The smallest absolute Gasteiger partial charge is 0.322 e. The van der Waals surface area contributed by atoms with E-state index in [2.05, 4.69) is 63.8 Å². The maximum atomic E-state index is 12.9. The van der Waals surface area contributed by atoms with Gasteiger partial charge < -0.3 is 10.3 Å². The number of aryl methyl sites for hydroxylation is 2. The van der Waals surface area contributed by atoms with Gasteiger partial charge in [0.1, 0.15) is 5.54 Å². The lowest BCUT2D eigenvalue weighted by Crippen LogP contribution is -2.56. The van der Waals surface area contributed by atoms with E-state index in [4.69, 9.17) is 0 Å². The Morgan fingerprint density at radius 3 is 2.44 bits per heavy atom. The summed E-state index contributed by atoms with van der Waals surface area (Å²) in [5.74, 6) is -0.0256. The van der Waals surface area contributed by atoms with Gasteiger partial charge in [-0.25, -0.2) is 4.79 Å². The van der Waals surface area contributed by atoms with Crippen molar-refractivity contribution in [3.05, 3.63) is 71.4 Å². The molecule has 2 fully saturated rings. The molecule has 0 aliphatic carbocycles. The van der Waals surface area contributed by atoms with Crippen LogP contribution in [0.2, 0.25) is 0 Å². The van der Waals surface area contributed by atoms with Gasteiger partial charge in [-0.2, -0.15) is 0 Å². The number of urea groups is 1. The van der Waals surface area contributed by atoms with E-state index < -0.39 is 5.54 Å². The fourth-order valence-corrected chi connectivity index (χ4v) is 5.51. The summed E-state index contributed by atoms with van der Waals surface area (Å²) >= 11 is 0. The highest BCUT2D eigenvalue weighted by Gasteiger charge is 2.51. The van der Waals surface area contributed by atoms with Crippen LogP contribution in [0, 0.1) is 12.8 Å². The molecular formula is C26H30N4O2. The van der Waals surface area contributed by atoms with E-state index in [0.29, 0.717) is 6.42 Å².